The van der Waals surface area contributed by atoms with Crippen molar-refractivity contribution >= 4 is 128 Å². The highest BCUT2D eigenvalue weighted by atomic mass is 32.1. The van der Waals surface area contributed by atoms with Crippen LogP contribution < -0.4 is 0 Å². The predicted octanol–water partition coefficient (Wildman–Crippen LogP) is 18.9. The molecule has 0 fully saturated rings. The molecule has 338 valence electrons. The largest absolute Gasteiger partial charge is 0.306 e. The van der Waals surface area contributed by atoms with Crippen molar-refractivity contribution in [1.82, 2.24) is 13.7 Å². The quantitative estimate of drug-likeness (QED) is 0.169. The zero-order valence-electron chi connectivity index (χ0n) is 39.0. The summed E-state index contributed by atoms with van der Waals surface area (Å²) in [6.45, 7) is 0. The highest BCUT2D eigenvalue weighted by molar-refractivity contribution is 7.26. The Morgan fingerprint density at radius 3 is 0.877 bits per heavy atom. The molecular weight excluding hydrogens is 925 g/mol. The van der Waals surface area contributed by atoms with Crippen LogP contribution in [-0.4, -0.2) is 13.7 Å². The number of hydrogen-bond donors (Lipinski definition) is 0. The Labute approximate surface area is 426 Å². The van der Waals surface area contributed by atoms with E-state index in [9.17, 15) is 5.26 Å². The zero-order chi connectivity index (χ0) is 47.9. The Morgan fingerprint density at radius 2 is 0.548 bits per heavy atom. The molecule has 4 nitrogen and oxygen atoms in total. The fourth-order valence-electron chi connectivity index (χ4n) is 12.5. The van der Waals surface area contributed by atoms with E-state index in [1.54, 1.807) is 0 Å². The molecule has 5 aromatic heterocycles. The minimum Gasteiger partial charge on any atom is -0.306 e. The highest BCUT2D eigenvalue weighted by Crippen LogP contribution is 2.55. The number of benzene rings is 11. The Balaban J connectivity index is 1.29. The first-order chi connectivity index (χ1) is 36.2. The van der Waals surface area contributed by atoms with Crippen molar-refractivity contribution in [2.24, 2.45) is 0 Å². The summed E-state index contributed by atoms with van der Waals surface area (Å²) >= 11 is 3.62. The van der Waals surface area contributed by atoms with Crippen LogP contribution in [-0.2, 0) is 0 Å². The molecule has 0 radical (unpaired) electrons. The van der Waals surface area contributed by atoms with Gasteiger partial charge in [-0.05, 0) is 71.8 Å². The maximum absolute atomic E-state index is 12.8. The molecule has 16 rings (SSSR count). The molecule has 11 aromatic carbocycles. The Morgan fingerprint density at radius 1 is 0.274 bits per heavy atom. The molecule has 0 aliphatic rings. The number of hydrogen-bond acceptors (Lipinski definition) is 3. The molecule has 0 aliphatic carbocycles. The first-order valence-corrected chi connectivity index (χ1v) is 26.3. The summed E-state index contributed by atoms with van der Waals surface area (Å²) in [6, 6.07) is 86.9. The lowest BCUT2D eigenvalue weighted by Gasteiger charge is -2.29. The van der Waals surface area contributed by atoms with Crippen molar-refractivity contribution in [2.75, 3.05) is 0 Å². The lowest BCUT2D eigenvalue weighted by Crippen LogP contribution is -2.14. The standard InChI is InChI=1S/C67H38N4S2/c68-39-50-63(48-27-17-37-59-61(48)46-25-7-15-35-57(46)72-59)65(69-51-29-9-1-19-40(51)41-20-2-10-30-52(41)69)67(71-55-33-13-5-23-44(55)45-24-6-14-34-56(45)71)66(70-53-31-11-3-21-42(53)43-22-4-12-32-54(43)70)64(50)49-28-18-38-60-62(49)47-26-8-16-36-58(47)73-60/h1-38H. The predicted molar refractivity (Wildman–Crippen MR) is 311 cm³/mol. The van der Waals surface area contributed by atoms with Crippen LogP contribution in [0.5, 0.6) is 0 Å². The maximum atomic E-state index is 12.8. The SMILES string of the molecule is N#Cc1c(-c2cccc3sc4ccccc4c23)c(-n2c3ccccc3c3ccccc32)c(-n2c3ccccc3c3ccccc32)c(-n2c3ccccc3c3ccccc32)c1-c1cccc2sc3ccccc3c12. The van der Waals surface area contributed by atoms with Gasteiger partial charge in [-0.3, -0.25) is 0 Å². The van der Waals surface area contributed by atoms with Crippen LogP contribution in [0.1, 0.15) is 5.56 Å². The molecule has 0 bridgehead atoms. The van der Waals surface area contributed by atoms with Gasteiger partial charge in [0.15, 0.2) is 0 Å². The molecule has 0 aliphatic heterocycles. The van der Waals surface area contributed by atoms with Gasteiger partial charge in [0.05, 0.1) is 55.7 Å². The molecule has 0 amide bonds. The van der Waals surface area contributed by atoms with E-state index in [0.717, 1.165) is 116 Å². The van der Waals surface area contributed by atoms with Crippen LogP contribution in [0.3, 0.4) is 0 Å². The smallest absolute Gasteiger partial charge is 0.101 e. The molecule has 73 heavy (non-hydrogen) atoms. The van der Waals surface area contributed by atoms with Gasteiger partial charge in [0.25, 0.3) is 0 Å². The van der Waals surface area contributed by atoms with Gasteiger partial charge in [-0.25, -0.2) is 0 Å². The van der Waals surface area contributed by atoms with Gasteiger partial charge in [-0.15, -0.1) is 22.7 Å². The zero-order valence-corrected chi connectivity index (χ0v) is 40.7. The number of aromatic nitrogens is 3. The van der Waals surface area contributed by atoms with Crippen LogP contribution in [0.15, 0.2) is 231 Å². The van der Waals surface area contributed by atoms with Crippen molar-refractivity contribution in [3.05, 3.63) is 236 Å². The topological polar surface area (TPSA) is 38.6 Å². The Kier molecular flexibility index (Phi) is 8.52. The summed E-state index contributed by atoms with van der Waals surface area (Å²) in [5, 5.41) is 24.3. The van der Waals surface area contributed by atoms with Crippen LogP contribution >= 0.6 is 22.7 Å². The molecule has 0 N–H and O–H groups in total. The van der Waals surface area contributed by atoms with E-state index in [-0.39, 0.29) is 0 Å². The third kappa shape index (κ3) is 5.52. The normalized spacial score (nSPS) is 12.1. The molecule has 0 atom stereocenters. The summed E-state index contributed by atoms with van der Waals surface area (Å²) in [6.07, 6.45) is 0. The summed E-state index contributed by atoms with van der Waals surface area (Å²) < 4.78 is 12.3. The summed E-state index contributed by atoms with van der Waals surface area (Å²) in [5.74, 6) is 0. The number of thiophene rings is 2. The number of nitrogens with zero attached hydrogens (tertiary/aromatic N) is 4. The van der Waals surface area contributed by atoms with Crippen molar-refractivity contribution in [3.8, 4) is 45.4 Å². The number of fused-ring (bicyclic) bond motifs is 15. The number of para-hydroxylation sites is 6. The first-order valence-electron chi connectivity index (χ1n) is 24.7. The second-order valence-electron chi connectivity index (χ2n) is 18.9. The second kappa shape index (κ2) is 15.4. The Hall–Kier alpha value is -9.25. The molecule has 0 spiro atoms. The van der Waals surface area contributed by atoms with E-state index in [0.29, 0.717) is 5.56 Å². The molecule has 0 saturated carbocycles. The van der Waals surface area contributed by atoms with E-state index in [1.807, 2.05) is 22.7 Å². The second-order valence-corrected chi connectivity index (χ2v) is 21.1. The molecular formula is C67H38N4S2. The van der Waals surface area contributed by atoms with E-state index in [4.69, 9.17) is 0 Å². The fraction of sp³-hybridized carbons (Fsp3) is 0. The van der Waals surface area contributed by atoms with Gasteiger partial charge >= 0.3 is 0 Å². The summed E-state index contributed by atoms with van der Waals surface area (Å²) in [5.41, 5.74) is 13.7. The van der Waals surface area contributed by atoms with Gasteiger partial charge in [0.1, 0.15) is 6.07 Å². The lowest BCUT2D eigenvalue weighted by atomic mass is 9.85. The first kappa shape index (κ1) is 40.5. The Bertz CT molecular complexity index is 4650. The van der Waals surface area contributed by atoms with E-state index < -0.39 is 0 Å². The fourth-order valence-corrected chi connectivity index (χ4v) is 14.7. The van der Waals surface area contributed by atoms with Gasteiger partial charge < -0.3 is 13.7 Å². The van der Waals surface area contributed by atoms with Crippen molar-refractivity contribution in [1.29, 1.82) is 5.26 Å². The van der Waals surface area contributed by atoms with Crippen molar-refractivity contribution < 1.29 is 0 Å². The van der Waals surface area contributed by atoms with Crippen LogP contribution in [0.25, 0.3) is 145 Å². The molecule has 0 unspecified atom stereocenters. The maximum Gasteiger partial charge on any atom is 0.101 e. The average molecular weight is 963 g/mol. The van der Waals surface area contributed by atoms with Gasteiger partial charge in [0.2, 0.25) is 0 Å². The molecule has 6 heteroatoms. The minimum atomic E-state index is 0.615. The van der Waals surface area contributed by atoms with Crippen molar-refractivity contribution in [3.63, 3.8) is 0 Å². The van der Waals surface area contributed by atoms with E-state index >= 15 is 0 Å². The molecule has 5 heterocycles. The third-order valence-corrected chi connectivity index (χ3v) is 17.6. The number of nitriles is 1. The number of rotatable bonds is 5. The minimum absolute atomic E-state index is 0.615. The average Bonchev–Trinajstić information content (AvgIpc) is 4.28. The molecule has 0 saturated heterocycles. The van der Waals surface area contributed by atoms with Crippen LogP contribution in [0.4, 0.5) is 0 Å². The summed E-state index contributed by atoms with van der Waals surface area (Å²) in [4.78, 5) is 0. The van der Waals surface area contributed by atoms with Crippen LogP contribution in [0.2, 0.25) is 0 Å². The van der Waals surface area contributed by atoms with Gasteiger partial charge in [-0.2, -0.15) is 5.26 Å². The highest BCUT2D eigenvalue weighted by Gasteiger charge is 2.35. The third-order valence-electron chi connectivity index (χ3n) is 15.3. The lowest BCUT2D eigenvalue weighted by molar-refractivity contribution is 1.05. The summed E-state index contributed by atoms with van der Waals surface area (Å²) in [7, 11) is 0. The van der Waals surface area contributed by atoms with Crippen molar-refractivity contribution in [2.45, 2.75) is 0 Å². The molecule has 16 aromatic rings. The van der Waals surface area contributed by atoms with Crippen LogP contribution in [0, 0.1) is 11.3 Å². The van der Waals surface area contributed by atoms with E-state index in [2.05, 4.69) is 250 Å². The van der Waals surface area contributed by atoms with E-state index in [1.165, 1.54) is 29.6 Å². The van der Waals surface area contributed by atoms with Gasteiger partial charge in [-0.1, -0.05) is 170 Å². The van der Waals surface area contributed by atoms with Gasteiger partial charge in [0, 0.05) is 83.8 Å². The monoisotopic (exact) mass is 962 g/mol.